The summed E-state index contributed by atoms with van der Waals surface area (Å²) in [5, 5.41) is 7.52. The molecule has 0 fully saturated rings. The molecule has 2 aliphatic rings. The molecule has 388 valence electrons. The molecule has 10 nitrogen and oxygen atoms in total. The van der Waals surface area contributed by atoms with E-state index in [-0.39, 0.29) is 47.3 Å². The summed E-state index contributed by atoms with van der Waals surface area (Å²) in [6.07, 6.45) is 2.69. The van der Waals surface area contributed by atoms with Crippen molar-refractivity contribution in [1.82, 2.24) is 0 Å². The van der Waals surface area contributed by atoms with Crippen molar-refractivity contribution in [1.29, 1.82) is 0 Å². The molecule has 0 saturated carbocycles. The third-order valence-corrected chi connectivity index (χ3v) is 16.1. The van der Waals surface area contributed by atoms with Crippen LogP contribution in [0.2, 0.25) is 0 Å². The zero-order chi connectivity index (χ0) is 53.5. The van der Waals surface area contributed by atoms with E-state index in [1.165, 1.54) is 29.4 Å². The van der Waals surface area contributed by atoms with Crippen molar-refractivity contribution in [2.24, 2.45) is 0 Å². The van der Waals surface area contributed by atoms with E-state index in [2.05, 4.69) is 172 Å². The zero-order valence-corrected chi connectivity index (χ0v) is 47.3. The molecular formula is C64H82N6O4+4. The third kappa shape index (κ3) is 8.79. The van der Waals surface area contributed by atoms with Gasteiger partial charge in [-0.25, -0.2) is 9.80 Å². The molecule has 0 bridgehead atoms. The predicted molar refractivity (Wildman–Crippen MR) is 305 cm³/mol. The molecular weight excluding hydrogens is 917 g/mol. The Bertz CT molecular complexity index is 2980. The second kappa shape index (κ2) is 20.2. The van der Waals surface area contributed by atoms with Gasteiger partial charge in [-0.3, -0.25) is 19.2 Å². The minimum Gasteiger partial charge on any atom is -0.340 e. The molecule has 0 aliphatic carbocycles. The van der Waals surface area contributed by atoms with Crippen LogP contribution in [-0.4, -0.2) is 106 Å². The summed E-state index contributed by atoms with van der Waals surface area (Å²) in [7, 11) is 17.3. The monoisotopic (exact) mass is 999 g/mol. The first-order valence-corrected chi connectivity index (χ1v) is 27.6. The van der Waals surface area contributed by atoms with E-state index in [0.29, 0.717) is 70.1 Å². The molecule has 7 aromatic carbocycles. The average Bonchev–Trinajstić information content (AvgIpc) is 3.34. The Hall–Kier alpha value is -6.04. The number of carbonyl (C=O) groups excluding carboxylic acids is 4. The van der Waals surface area contributed by atoms with E-state index >= 15 is 19.2 Å². The second-order valence-corrected chi connectivity index (χ2v) is 24.2. The van der Waals surface area contributed by atoms with Gasteiger partial charge in [-0.1, -0.05) is 91.8 Å². The van der Waals surface area contributed by atoms with Crippen LogP contribution >= 0.6 is 0 Å². The fraction of sp³-hybridized carbons (Fsp3) is 0.438. The molecule has 0 spiro atoms. The number of para-hydroxylation sites is 2. The Morgan fingerprint density at radius 2 is 0.554 bits per heavy atom. The SMILES string of the molecule is CC(C)c1cccc(C(C)C)c1N1C(=O)c2cc(CC[NH+](C)C)c3c4c(CC[NH+](C)C)cc5c6c(cc(CC[NH+](C)C)c(c7c(CC[NH+](C)C)cc(c2c37)C1=O)c64)C(=O)N(c1c(C(C)C)cccc1C(C)C)C5=O. The van der Waals surface area contributed by atoms with Crippen molar-refractivity contribution in [3.05, 3.63) is 127 Å². The van der Waals surface area contributed by atoms with Crippen molar-refractivity contribution in [3.8, 4) is 0 Å². The van der Waals surface area contributed by atoms with Gasteiger partial charge in [0.2, 0.25) is 0 Å². The van der Waals surface area contributed by atoms with Crippen molar-refractivity contribution >= 4 is 78.1 Å². The van der Waals surface area contributed by atoms with Gasteiger partial charge in [0.1, 0.15) is 0 Å². The molecule has 0 radical (unpaired) electrons. The van der Waals surface area contributed by atoms with Gasteiger partial charge in [-0.15, -0.1) is 0 Å². The summed E-state index contributed by atoms with van der Waals surface area (Å²) in [6, 6.07) is 20.9. The summed E-state index contributed by atoms with van der Waals surface area (Å²) in [5.74, 6) is -0.902. The van der Waals surface area contributed by atoms with Crippen LogP contribution in [0.4, 0.5) is 11.4 Å². The number of carbonyl (C=O) groups is 4. The lowest BCUT2D eigenvalue weighted by molar-refractivity contribution is -0.858. The van der Waals surface area contributed by atoms with Gasteiger partial charge in [-0.2, -0.15) is 0 Å². The highest BCUT2D eigenvalue weighted by molar-refractivity contribution is 6.47. The molecule has 0 saturated heterocycles. The van der Waals surface area contributed by atoms with Gasteiger partial charge in [0.25, 0.3) is 23.6 Å². The molecule has 0 unspecified atom stereocenters. The molecule has 74 heavy (non-hydrogen) atoms. The summed E-state index contributed by atoms with van der Waals surface area (Å²) in [6.45, 7) is 20.3. The molecule has 4 amide bonds. The highest BCUT2D eigenvalue weighted by Crippen LogP contribution is 2.53. The Kier molecular flexibility index (Phi) is 14.4. The topological polar surface area (TPSA) is 92.5 Å². The molecule has 2 aliphatic heterocycles. The minimum atomic E-state index is -0.290. The smallest absolute Gasteiger partial charge is 0.266 e. The number of anilines is 2. The summed E-state index contributed by atoms with van der Waals surface area (Å²) in [5.41, 5.74) is 11.7. The van der Waals surface area contributed by atoms with E-state index in [1.54, 1.807) is 0 Å². The van der Waals surface area contributed by atoms with Crippen LogP contribution in [0.15, 0.2) is 60.7 Å². The number of nitrogens with one attached hydrogen (secondary N) is 4. The number of hydrogen-bond donors (Lipinski definition) is 4. The summed E-state index contributed by atoms with van der Waals surface area (Å²) >= 11 is 0. The lowest BCUT2D eigenvalue weighted by Gasteiger charge is -2.35. The van der Waals surface area contributed by atoms with Crippen LogP contribution < -0.4 is 29.4 Å². The van der Waals surface area contributed by atoms with Gasteiger partial charge in [0, 0.05) is 58.7 Å². The predicted octanol–water partition coefficient (Wildman–Crippen LogP) is 6.58. The number of nitrogens with zero attached hydrogens (tertiary/aromatic N) is 2. The van der Waals surface area contributed by atoms with Crippen LogP contribution in [0.5, 0.6) is 0 Å². The third-order valence-electron chi connectivity index (χ3n) is 16.1. The molecule has 10 heteroatoms. The number of imide groups is 2. The van der Waals surface area contributed by atoms with E-state index in [4.69, 9.17) is 0 Å². The number of quaternary nitrogens is 4. The Morgan fingerprint density at radius 3 is 0.743 bits per heavy atom. The van der Waals surface area contributed by atoms with Gasteiger partial charge >= 0.3 is 0 Å². The van der Waals surface area contributed by atoms with Crippen molar-refractivity contribution in [2.45, 2.75) is 105 Å². The lowest BCUT2D eigenvalue weighted by Crippen LogP contribution is -3.06. The van der Waals surface area contributed by atoms with E-state index in [0.717, 1.165) is 103 Å². The molecule has 4 N–H and O–H groups in total. The maximum Gasteiger partial charge on any atom is 0.266 e. The first kappa shape index (κ1) is 52.8. The normalized spacial score (nSPS) is 14.3. The molecule has 7 aromatic rings. The highest BCUT2D eigenvalue weighted by atomic mass is 16.2. The van der Waals surface area contributed by atoms with Gasteiger partial charge in [-0.05, 0) is 125 Å². The number of rotatable bonds is 18. The number of amides is 4. The first-order valence-electron chi connectivity index (χ1n) is 27.6. The first-order chi connectivity index (χ1) is 35.0. The Morgan fingerprint density at radius 1 is 0.338 bits per heavy atom. The molecule has 9 rings (SSSR count). The lowest BCUT2D eigenvalue weighted by atomic mass is 9.75. The molecule has 0 atom stereocenters. The van der Waals surface area contributed by atoms with Gasteiger partial charge in [0.05, 0.1) is 93.9 Å². The fourth-order valence-corrected chi connectivity index (χ4v) is 12.3. The maximum atomic E-state index is 15.9. The Labute approximate surface area is 439 Å². The average molecular weight is 999 g/mol. The van der Waals surface area contributed by atoms with E-state index in [1.807, 2.05) is 0 Å². The van der Waals surface area contributed by atoms with E-state index < -0.39 is 0 Å². The van der Waals surface area contributed by atoms with Crippen molar-refractivity contribution in [2.75, 3.05) is 92.4 Å². The molecule has 0 aromatic heterocycles. The number of likely N-dealkylation sites (N-methyl/N-ethyl adjacent to an activating group) is 4. The van der Waals surface area contributed by atoms with Crippen LogP contribution in [0.3, 0.4) is 0 Å². The number of hydrogen-bond acceptors (Lipinski definition) is 4. The van der Waals surface area contributed by atoms with E-state index in [9.17, 15) is 0 Å². The molecule has 2 heterocycles. The standard InChI is InChI=1S/C64H78N6O4/c1-35(2)43-19-17-20-44(36(3)4)59(43)69-61(71)47-31-39(23-27-65(9)10)51-53-41(25-29-67(13)14)33-49-56-50(64(74)70(63(49)73)60-45(37(5)6)21-18-22-46(60)38(7)8)34-42(26-30-68(15)16)54(58(53)56)52-40(24-28-66(11)12)32-48(62(69)72)55(47)57(51)52/h17-22,31-38H,23-30H2,1-16H3/p+4. The second-order valence-electron chi connectivity index (χ2n) is 24.2. The van der Waals surface area contributed by atoms with Crippen LogP contribution in [-0.2, 0) is 25.7 Å². The maximum absolute atomic E-state index is 15.9. The number of fused-ring (bicyclic) bond motifs is 2. The zero-order valence-electron chi connectivity index (χ0n) is 47.3. The Balaban J connectivity index is 1.52. The minimum absolute atomic E-state index is 0.0647. The van der Waals surface area contributed by atoms with Crippen LogP contribution in [0.25, 0.3) is 43.1 Å². The van der Waals surface area contributed by atoms with Gasteiger partial charge in [0.15, 0.2) is 0 Å². The number of benzene rings is 7. The summed E-state index contributed by atoms with van der Waals surface area (Å²) in [4.78, 5) is 71.8. The largest absolute Gasteiger partial charge is 0.340 e. The van der Waals surface area contributed by atoms with Crippen molar-refractivity contribution in [3.63, 3.8) is 0 Å². The fourth-order valence-electron chi connectivity index (χ4n) is 12.3. The summed E-state index contributed by atoms with van der Waals surface area (Å²) < 4.78 is 0. The van der Waals surface area contributed by atoms with Crippen molar-refractivity contribution < 1.29 is 38.8 Å². The van der Waals surface area contributed by atoms with Gasteiger partial charge < -0.3 is 19.6 Å². The quantitative estimate of drug-likeness (QED) is 0.0445. The highest BCUT2D eigenvalue weighted by Gasteiger charge is 2.43. The van der Waals surface area contributed by atoms with Crippen LogP contribution in [0.1, 0.15) is 165 Å². The van der Waals surface area contributed by atoms with Crippen LogP contribution in [0, 0.1) is 0 Å².